The summed E-state index contributed by atoms with van der Waals surface area (Å²) in [5.74, 6) is 0.120. The largest absolute Gasteiger partial charge is 0.310 e. The van der Waals surface area contributed by atoms with E-state index in [1.54, 1.807) is 11.3 Å². The summed E-state index contributed by atoms with van der Waals surface area (Å²) in [6.45, 7) is 5.17. The number of Topliss-reactive ketones (excluding diaryl/α,β-unsaturated/α-hetero) is 1. The van der Waals surface area contributed by atoms with E-state index in [9.17, 15) is 4.79 Å². The van der Waals surface area contributed by atoms with Gasteiger partial charge in [0.15, 0.2) is 5.78 Å². The highest BCUT2D eigenvalue weighted by molar-refractivity contribution is 7.18. The quantitative estimate of drug-likeness (QED) is 0.826. The molecule has 1 aromatic carbocycles. The van der Waals surface area contributed by atoms with E-state index in [1.807, 2.05) is 32.0 Å². The fraction of sp³-hybridized carbons (Fsp3) is 0.333. The lowest BCUT2D eigenvalue weighted by molar-refractivity contribution is 0.0992. The SMILES string of the molecule is CCNCC(=O)c1ccc2sc(C)nc2c1. The van der Waals surface area contributed by atoms with E-state index >= 15 is 0 Å². The summed E-state index contributed by atoms with van der Waals surface area (Å²) >= 11 is 1.65. The first-order chi connectivity index (χ1) is 7.70. The number of aromatic nitrogens is 1. The molecule has 2 rings (SSSR count). The van der Waals surface area contributed by atoms with E-state index in [1.165, 1.54) is 0 Å². The molecule has 0 aliphatic heterocycles. The van der Waals surface area contributed by atoms with Gasteiger partial charge in [0.05, 0.1) is 21.8 Å². The maximum Gasteiger partial charge on any atom is 0.176 e. The molecular weight excluding hydrogens is 220 g/mol. The summed E-state index contributed by atoms with van der Waals surface area (Å²) in [6, 6.07) is 5.72. The van der Waals surface area contributed by atoms with Crippen molar-refractivity contribution in [1.82, 2.24) is 10.3 Å². The maximum atomic E-state index is 11.8. The van der Waals surface area contributed by atoms with Gasteiger partial charge in [0, 0.05) is 5.56 Å². The van der Waals surface area contributed by atoms with Crippen LogP contribution in [0.2, 0.25) is 0 Å². The van der Waals surface area contributed by atoms with Crippen molar-refractivity contribution < 1.29 is 4.79 Å². The van der Waals surface area contributed by atoms with Crippen LogP contribution < -0.4 is 5.32 Å². The predicted octanol–water partition coefficient (Wildman–Crippen LogP) is 2.40. The number of carbonyl (C=O) groups excluding carboxylic acids is 1. The van der Waals surface area contributed by atoms with Gasteiger partial charge in [0.25, 0.3) is 0 Å². The molecule has 1 heterocycles. The van der Waals surface area contributed by atoms with Gasteiger partial charge in [-0.3, -0.25) is 4.79 Å². The number of ketones is 1. The number of hydrogen-bond donors (Lipinski definition) is 1. The molecule has 0 bridgehead atoms. The van der Waals surface area contributed by atoms with Crippen molar-refractivity contribution in [2.24, 2.45) is 0 Å². The molecule has 16 heavy (non-hydrogen) atoms. The van der Waals surface area contributed by atoms with Gasteiger partial charge in [-0.15, -0.1) is 11.3 Å². The molecule has 1 N–H and O–H groups in total. The molecule has 0 atom stereocenters. The molecule has 3 nitrogen and oxygen atoms in total. The standard InChI is InChI=1S/C12H14N2OS/c1-3-13-7-11(15)9-4-5-12-10(6-9)14-8(2)16-12/h4-6,13H,3,7H2,1-2H3. The Morgan fingerprint density at radius 1 is 1.50 bits per heavy atom. The second-order valence-electron chi connectivity index (χ2n) is 3.62. The van der Waals surface area contributed by atoms with Gasteiger partial charge in [-0.1, -0.05) is 6.92 Å². The zero-order valence-corrected chi connectivity index (χ0v) is 10.2. The summed E-state index contributed by atoms with van der Waals surface area (Å²) in [5, 5.41) is 4.07. The van der Waals surface area contributed by atoms with Crippen LogP contribution in [0.3, 0.4) is 0 Å². The highest BCUT2D eigenvalue weighted by Crippen LogP contribution is 2.22. The van der Waals surface area contributed by atoms with Crippen LogP contribution in [0.15, 0.2) is 18.2 Å². The zero-order valence-electron chi connectivity index (χ0n) is 9.41. The van der Waals surface area contributed by atoms with Crippen molar-refractivity contribution in [2.45, 2.75) is 13.8 Å². The normalized spacial score (nSPS) is 10.9. The number of fused-ring (bicyclic) bond motifs is 1. The van der Waals surface area contributed by atoms with Crippen LogP contribution in [0.5, 0.6) is 0 Å². The summed E-state index contributed by atoms with van der Waals surface area (Å²) in [5.41, 5.74) is 1.66. The fourth-order valence-corrected chi connectivity index (χ4v) is 2.36. The molecular formula is C12H14N2OS. The minimum atomic E-state index is 0.120. The zero-order chi connectivity index (χ0) is 11.5. The van der Waals surface area contributed by atoms with Crippen LogP contribution in [0.25, 0.3) is 10.2 Å². The van der Waals surface area contributed by atoms with Crippen LogP contribution in [-0.4, -0.2) is 23.9 Å². The molecule has 0 saturated carbocycles. The van der Waals surface area contributed by atoms with E-state index in [2.05, 4.69) is 10.3 Å². The molecule has 0 unspecified atom stereocenters. The Kier molecular flexibility index (Phi) is 3.31. The molecule has 0 saturated heterocycles. The lowest BCUT2D eigenvalue weighted by Gasteiger charge is -2.01. The van der Waals surface area contributed by atoms with Crippen molar-refractivity contribution in [3.05, 3.63) is 28.8 Å². The third-order valence-corrected chi connectivity index (χ3v) is 3.30. The Bertz CT molecular complexity index is 519. The number of thiazole rings is 1. The first-order valence-electron chi connectivity index (χ1n) is 5.32. The molecule has 0 amide bonds. The highest BCUT2D eigenvalue weighted by Gasteiger charge is 2.07. The van der Waals surface area contributed by atoms with Gasteiger partial charge in [0.2, 0.25) is 0 Å². The Hall–Kier alpha value is -1.26. The highest BCUT2D eigenvalue weighted by atomic mass is 32.1. The monoisotopic (exact) mass is 234 g/mol. The molecule has 0 aliphatic rings. The number of nitrogens with zero attached hydrogens (tertiary/aromatic N) is 1. The maximum absolute atomic E-state index is 11.8. The molecule has 4 heteroatoms. The minimum absolute atomic E-state index is 0.120. The van der Waals surface area contributed by atoms with Crippen molar-refractivity contribution in [3.8, 4) is 0 Å². The van der Waals surface area contributed by atoms with E-state index in [0.29, 0.717) is 6.54 Å². The second kappa shape index (κ2) is 4.72. The number of nitrogens with one attached hydrogen (secondary N) is 1. The predicted molar refractivity (Wildman–Crippen MR) is 67.2 cm³/mol. The number of hydrogen-bond acceptors (Lipinski definition) is 4. The van der Waals surface area contributed by atoms with E-state index in [0.717, 1.165) is 27.3 Å². The van der Waals surface area contributed by atoms with Crippen LogP contribution in [0, 0.1) is 6.92 Å². The van der Waals surface area contributed by atoms with Crippen molar-refractivity contribution >= 4 is 27.3 Å². The first-order valence-corrected chi connectivity index (χ1v) is 6.13. The van der Waals surface area contributed by atoms with Crippen LogP contribution in [0.1, 0.15) is 22.3 Å². The summed E-state index contributed by atoms with van der Waals surface area (Å²) in [7, 11) is 0. The summed E-state index contributed by atoms with van der Waals surface area (Å²) in [4.78, 5) is 16.1. The van der Waals surface area contributed by atoms with Crippen molar-refractivity contribution in [3.63, 3.8) is 0 Å². The van der Waals surface area contributed by atoms with Crippen molar-refractivity contribution in [2.75, 3.05) is 13.1 Å². The lowest BCUT2D eigenvalue weighted by Crippen LogP contribution is -2.22. The van der Waals surface area contributed by atoms with Crippen LogP contribution in [0.4, 0.5) is 0 Å². The molecule has 84 valence electrons. The van der Waals surface area contributed by atoms with Gasteiger partial charge in [-0.25, -0.2) is 4.98 Å². The number of rotatable bonds is 4. The van der Waals surface area contributed by atoms with E-state index < -0.39 is 0 Å². The minimum Gasteiger partial charge on any atom is -0.310 e. The number of benzene rings is 1. The fourth-order valence-electron chi connectivity index (χ4n) is 1.56. The van der Waals surface area contributed by atoms with Crippen molar-refractivity contribution in [1.29, 1.82) is 0 Å². The first kappa shape index (κ1) is 11.2. The molecule has 2 aromatic rings. The molecule has 0 fully saturated rings. The Morgan fingerprint density at radius 3 is 3.06 bits per heavy atom. The van der Waals surface area contributed by atoms with E-state index in [-0.39, 0.29) is 5.78 Å². The average Bonchev–Trinajstić information content (AvgIpc) is 2.64. The Balaban J connectivity index is 2.28. The van der Waals surface area contributed by atoms with E-state index in [4.69, 9.17) is 0 Å². The summed E-state index contributed by atoms with van der Waals surface area (Å²) < 4.78 is 1.14. The Morgan fingerprint density at radius 2 is 2.31 bits per heavy atom. The number of likely N-dealkylation sites (N-methyl/N-ethyl adjacent to an activating group) is 1. The lowest BCUT2D eigenvalue weighted by atomic mass is 10.1. The van der Waals surface area contributed by atoms with Gasteiger partial charge < -0.3 is 5.32 Å². The smallest absolute Gasteiger partial charge is 0.176 e. The molecule has 1 aromatic heterocycles. The van der Waals surface area contributed by atoms with Gasteiger partial charge in [0.1, 0.15) is 0 Å². The topological polar surface area (TPSA) is 42.0 Å². The van der Waals surface area contributed by atoms with Gasteiger partial charge in [-0.2, -0.15) is 0 Å². The third kappa shape index (κ3) is 2.28. The third-order valence-electron chi connectivity index (χ3n) is 2.35. The number of carbonyl (C=O) groups is 1. The average molecular weight is 234 g/mol. The molecule has 0 radical (unpaired) electrons. The second-order valence-corrected chi connectivity index (χ2v) is 4.85. The molecule has 0 spiro atoms. The van der Waals surface area contributed by atoms with Gasteiger partial charge >= 0.3 is 0 Å². The van der Waals surface area contributed by atoms with Crippen LogP contribution in [-0.2, 0) is 0 Å². The van der Waals surface area contributed by atoms with Crippen LogP contribution >= 0.6 is 11.3 Å². The number of aryl methyl sites for hydroxylation is 1. The van der Waals surface area contributed by atoms with Gasteiger partial charge in [-0.05, 0) is 31.7 Å². The summed E-state index contributed by atoms with van der Waals surface area (Å²) in [6.07, 6.45) is 0. The molecule has 0 aliphatic carbocycles. The Labute approximate surface area is 98.5 Å².